The Morgan fingerprint density at radius 1 is 1.40 bits per heavy atom. The first-order chi connectivity index (χ1) is 6.87. The van der Waals surface area contributed by atoms with Crippen LogP contribution in [0, 0.1) is 5.92 Å². The van der Waals surface area contributed by atoms with Gasteiger partial charge in [0.1, 0.15) is 0 Å². The molecule has 1 aliphatic rings. The summed E-state index contributed by atoms with van der Waals surface area (Å²) in [6.45, 7) is 8.96. The fourth-order valence-electron chi connectivity index (χ4n) is 1.66. The second-order valence-electron chi connectivity index (χ2n) is 5.95. The molecule has 0 spiro atoms. The molecule has 0 heterocycles. The molecule has 3 nitrogen and oxygen atoms in total. The van der Waals surface area contributed by atoms with Gasteiger partial charge in [-0.25, -0.2) is 0 Å². The van der Waals surface area contributed by atoms with E-state index in [9.17, 15) is 5.11 Å². The lowest BCUT2D eigenvalue weighted by atomic mass is 10.1. The van der Waals surface area contributed by atoms with Crippen molar-refractivity contribution in [1.82, 2.24) is 10.2 Å². The number of nitrogens with zero attached hydrogens (tertiary/aromatic N) is 1. The predicted molar refractivity (Wildman–Crippen MR) is 64.0 cm³/mol. The quantitative estimate of drug-likeness (QED) is 0.694. The average Bonchev–Trinajstić information content (AvgIpc) is 2.83. The molecular weight excluding hydrogens is 188 g/mol. The molecule has 15 heavy (non-hydrogen) atoms. The number of hydrogen-bond acceptors (Lipinski definition) is 3. The van der Waals surface area contributed by atoms with E-state index in [0.717, 1.165) is 19.0 Å². The van der Waals surface area contributed by atoms with Crippen molar-refractivity contribution in [3.63, 3.8) is 0 Å². The Hall–Kier alpha value is -0.120. The first-order valence-electron chi connectivity index (χ1n) is 5.98. The van der Waals surface area contributed by atoms with E-state index in [4.69, 9.17) is 0 Å². The highest BCUT2D eigenvalue weighted by molar-refractivity contribution is 4.78. The molecular formula is C12H26N2O. The third-order valence-electron chi connectivity index (χ3n) is 2.66. The van der Waals surface area contributed by atoms with Crippen LogP contribution >= 0.6 is 0 Å². The van der Waals surface area contributed by atoms with Crippen molar-refractivity contribution in [2.75, 3.05) is 26.7 Å². The molecule has 1 saturated carbocycles. The van der Waals surface area contributed by atoms with Crippen LogP contribution in [0.3, 0.4) is 0 Å². The summed E-state index contributed by atoms with van der Waals surface area (Å²) in [6, 6.07) is 0. The molecule has 1 atom stereocenters. The maximum atomic E-state index is 9.81. The maximum Gasteiger partial charge on any atom is 0.0791 e. The van der Waals surface area contributed by atoms with E-state index in [2.05, 4.69) is 38.0 Å². The molecule has 3 heteroatoms. The SMILES string of the molecule is CN(CC(O)CNC(C)(C)C)CC1CC1. The van der Waals surface area contributed by atoms with E-state index in [-0.39, 0.29) is 11.6 Å². The van der Waals surface area contributed by atoms with Crippen molar-refractivity contribution in [2.24, 2.45) is 5.92 Å². The van der Waals surface area contributed by atoms with Gasteiger partial charge in [-0.2, -0.15) is 0 Å². The number of likely N-dealkylation sites (N-methyl/N-ethyl adjacent to an activating group) is 1. The van der Waals surface area contributed by atoms with E-state index < -0.39 is 0 Å². The van der Waals surface area contributed by atoms with Crippen LogP contribution in [0.1, 0.15) is 33.6 Å². The van der Waals surface area contributed by atoms with Gasteiger partial charge in [0.25, 0.3) is 0 Å². The Bertz CT molecular complexity index is 185. The Labute approximate surface area is 93.9 Å². The summed E-state index contributed by atoms with van der Waals surface area (Å²) in [5.74, 6) is 0.901. The average molecular weight is 214 g/mol. The highest BCUT2D eigenvalue weighted by Crippen LogP contribution is 2.29. The number of hydrogen-bond donors (Lipinski definition) is 2. The van der Waals surface area contributed by atoms with Gasteiger partial charge in [0.2, 0.25) is 0 Å². The van der Waals surface area contributed by atoms with Crippen LogP contribution in [0.4, 0.5) is 0 Å². The topological polar surface area (TPSA) is 35.5 Å². The number of nitrogens with one attached hydrogen (secondary N) is 1. The van der Waals surface area contributed by atoms with Gasteiger partial charge in [-0.05, 0) is 46.6 Å². The molecule has 0 amide bonds. The summed E-state index contributed by atoms with van der Waals surface area (Å²) >= 11 is 0. The number of β-amino-alcohol motifs (C(OH)–C–C–N with tert-alkyl or cyclic N) is 1. The fourth-order valence-corrected chi connectivity index (χ4v) is 1.66. The third-order valence-corrected chi connectivity index (χ3v) is 2.66. The zero-order valence-corrected chi connectivity index (χ0v) is 10.6. The second-order valence-corrected chi connectivity index (χ2v) is 5.95. The molecule has 2 N–H and O–H groups in total. The lowest BCUT2D eigenvalue weighted by Crippen LogP contribution is -2.44. The van der Waals surface area contributed by atoms with Gasteiger partial charge < -0.3 is 15.3 Å². The van der Waals surface area contributed by atoms with E-state index >= 15 is 0 Å². The molecule has 1 unspecified atom stereocenters. The Morgan fingerprint density at radius 3 is 2.47 bits per heavy atom. The maximum absolute atomic E-state index is 9.81. The third kappa shape index (κ3) is 6.88. The molecule has 0 aromatic carbocycles. The summed E-state index contributed by atoms with van der Waals surface area (Å²) in [5, 5.41) is 13.1. The lowest BCUT2D eigenvalue weighted by molar-refractivity contribution is 0.115. The van der Waals surface area contributed by atoms with Crippen molar-refractivity contribution >= 4 is 0 Å². The van der Waals surface area contributed by atoms with E-state index in [1.165, 1.54) is 12.8 Å². The van der Waals surface area contributed by atoms with Gasteiger partial charge in [0.15, 0.2) is 0 Å². The lowest BCUT2D eigenvalue weighted by Gasteiger charge is -2.25. The van der Waals surface area contributed by atoms with Crippen LogP contribution in [-0.4, -0.2) is 48.3 Å². The molecule has 1 fully saturated rings. The van der Waals surface area contributed by atoms with E-state index in [1.54, 1.807) is 0 Å². The Balaban J connectivity index is 2.08. The van der Waals surface area contributed by atoms with E-state index in [0.29, 0.717) is 6.54 Å². The Morgan fingerprint density at radius 2 is 2.00 bits per heavy atom. The highest BCUT2D eigenvalue weighted by atomic mass is 16.3. The minimum atomic E-state index is -0.257. The van der Waals surface area contributed by atoms with Crippen LogP contribution in [0.25, 0.3) is 0 Å². The van der Waals surface area contributed by atoms with Gasteiger partial charge in [-0.15, -0.1) is 0 Å². The summed E-state index contributed by atoms with van der Waals surface area (Å²) in [7, 11) is 2.10. The van der Waals surface area contributed by atoms with Crippen LogP contribution in [0.15, 0.2) is 0 Å². The zero-order chi connectivity index (χ0) is 11.5. The minimum absolute atomic E-state index is 0.0933. The molecule has 0 aliphatic heterocycles. The van der Waals surface area contributed by atoms with E-state index in [1.807, 2.05) is 0 Å². The number of aliphatic hydroxyl groups is 1. The number of aliphatic hydroxyl groups excluding tert-OH is 1. The summed E-state index contributed by atoms with van der Waals surface area (Å²) in [4.78, 5) is 2.24. The molecule has 0 aromatic rings. The van der Waals surface area contributed by atoms with Crippen LogP contribution in [-0.2, 0) is 0 Å². The standard InChI is InChI=1S/C12H26N2O/c1-12(2,3)13-7-11(15)9-14(4)8-10-5-6-10/h10-11,13,15H,5-9H2,1-4H3. The summed E-state index contributed by atoms with van der Waals surface area (Å²) in [6.07, 6.45) is 2.49. The van der Waals surface area contributed by atoms with Crippen molar-refractivity contribution in [3.8, 4) is 0 Å². The first kappa shape index (κ1) is 12.9. The fraction of sp³-hybridized carbons (Fsp3) is 1.00. The zero-order valence-electron chi connectivity index (χ0n) is 10.6. The Kier molecular flexibility index (Phi) is 4.56. The molecule has 0 radical (unpaired) electrons. The van der Waals surface area contributed by atoms with Crippen LogP contribution in [0.5, 0.6) is 0 Å². The summed E-state index contributed by atoms with van der Waals surface area (Å²) < 4.78 is 0. The first-order valence-corrected chi connectivity index (χ1v) is 5.98. The van der Waals surface area contributed by atoms with Crippen LogP contribution < -0.4 is 5.32 Å². The van der Waals surface area contributed by atoms with Crippen molar-refractivity contribution in [3.05, 3.63) is 0 Å². The summed E-state index contributed by atoms with van der Waals surface area (Å²) in [5.41, 5.74) is 0.0933. The smallest absolute Gasteiger partial charge is 0.0791 e. The van der Waals surface area contributed by atoms with Gasteiger partial charge in [0, 0.05) is 25.2 Å². The van der Waals surface area contributed by atoms with Crippen molar-refractivity contribution in [2.45, 2.75) is 45.3 Å². The molecule has 0 bridgehead atoms. The van der Waals surface area contributed by atoms with Crippen LogP contribution in [0.2, 0.25) is 0 Å². The number of rotatable bonds is 6. The molecule has 1 aliphatic carbocycles. The highest BCUT2D eigenvalue weighted by Gasteiger charge is 2.23. The molecule has 0 aromatic heterocycles. The molecule has 0 saturated heterocycles. The predicted octanol–water partition coefficient (Wildman–Crippen LogP) is 1.08. The van der Waals surface area contributed by atoms with Crippen molar-refractivity contribution in [1.29, 1.82) is 0 Å². The van der Waals surface area contributed by atoms with Crippen molar-refractivity contribution < 1.29 is 5.11 Å². The largest absolute Gasteiger partial charge is 0.390 e. The second kappa shape index (κ2) is 5.28. The normalized spacial score (nSPS) is 19.6. The monoisotopic (exact) mass is 214 g/mol. The van der Waals surface area contributed by atoms with Gasteiger partial charge >= 0.3 is 0 Å². The molecule has 1 rings (SSSR count). The van der Waals surface area contributed by atoms with Gasteiger partial charge in [-0.1, -0.05) is 0 Å². The minimum Gasteiger partial charge on any atom is -0.390 e. The molecule has 90 valence electrons. The van der Waals surface area contributed by atoms with Gasteiger partial charge in [0.05, 0.1) is 6.10 Å². The van der Waals surface area contributed by atoms with Gasteiger partial charge in [-0.3, -0.25) is 0 Å².